The van der Waals surface area contributed by atoms with Gasteiger partial charge in [0.15, 0.2) is 0 Å². The monoisotopic (exact) mass is 326 g/mol. The molecule has 4 nitrogen and oxygen atoms in total. The normalized spacial score (nSPS) is 10.7. The van der Waals surface area contributed by atoms with Crippen LogP contribution in [0.3, 0.4) is 0 Å². The van der Waals surface area contributed by atoms with Crippen LogP contribution in [0.2, 0.25) is 0 Å². The van der Waals surface area contributed by atoms with E-state index in [0.717, 1.165) is 6.42 Å². The number of hydrogen-bond acceptors (Lipinski definition) is 3. The molecule has 0 aliphatic carbocycles. The number of aromatic hydroxyl groups is 1. The van der Waals surface area contributed by atoms with Gasteiger partial charge in [0, 0.05) is 5.56 Å². The number of rotatable bonds is 3. The van der Waals surface area contributed by atoms with E-state index < -0.39 is 5.82 Å². The molecule has 0 saturated carbocycles. The molecule has 2 N–H and O–H groups in total. The van der Waals surface area contributed by atoms with Crippen molar-refractivity contribution in [1.82, 2.24) is 9.97 Å². The van der Waals surface area contributed by atoms with Crippen LogP contribution < -0.4 is 5.56 Å². The topological polar surface area (TPSA) is 66.0 Å². The second-order valence-corrected chi connectivity index (χ2v) is 4.95. The average molecular weight is 327 g/mol. The van der Waals surface area contributed by atoms with Gasteiger partial charge in [-0.2, -0.15) is 4.98 Å². The molecule has 2 rings (SSSR count). The van der Waals surface area contributed by atoms with Gasteiger partial charge in [0.05, 0.1) is 10.0 Å². The molecular formula is C13H12BrFN2O2. The molecule has 1 aromatic heterocycles. The van der Waals surface area contributed by atoms with Gasteiger partial charge in [-0.1, -0.05) is 13.3 Å². The quantitative estimate of drug-likeness (QED) is 0.911. The molecule has 0 aliphatic rings. The summed E-state index contributed by atoms with van der Waals surface area (Å²) >= 11 is 3.06. The van der Waals surface area contributed by atoms with Gasteiger partial charge in [-0.3, -0.25) is 4.79 Å². The Morgan fingerprint density at radius 1 is 1.47 bits per heavy atom. The Balaban J connectivity index is 2.52. The molecule has 100 valence electrons. The molecule has 19 heavy (non-hydrogen) atoms. The number of H-pyrrole nitrogens is 1. The summed E-state index contributed by atoms with van der Waals surface area (Å²) < 4.78 is 13.4. The van der Waals surface area contributed by atoms with Crippen LogP contribution in [0.1, 0.15) is 18.9 Å². The summed E-state index contributed by atoms with van der Waals surface area (Å²) in [5.74, 6) is -0.470. The Hall–Kier alpha value is -1.69. The molecule has 2 aromatic rings. The molecule has 0 atom stereocenters. The molecule has 0 fully saturated rings. The van der Waals surface area contributed by atoms with Gasteiger partial charge in [-0.25, -0.2) is 4.39 Å². The van der Waals surface area contributed by atoms with Crippen molar-refractivity contribution in [3.63, 3.8) is 0 Å². The molecule has 6 heteroatoms. The summed E-state index contributed by atoms with van der Waals surface area (Å²) in [6.07, 6.45) is 1.20. The number of aromatic amines is 1. The van der Waals surface area contributed by atoms with Gasteiger partial charge in [-0.15, -0.1) is 0 Å². The van der Waals surface area contributed by atoms with Crippen molar-refractivity contribution >= 4 is 15.9 Å². The average Bonchev–Trinajstić information content (AvgIpc) is 2.37. The maximum atomic E-state index is 13.1. The van der Waals surface area contributed by atoms with Gasteiger partial charge in [0.25, 0.3) is 5.56 Å². The van der Waals surface area contributed by atoms with E-state index in [1.54, 1.807) is 0 Å². The second kappa shape index (κ2) is 5.52. The van der Waals surface area contributed by atoms with Crippen LogP contribution in [-0.4, -0.2) is 15.1 Å². The standard InChI is InChI=1S/C13H12BrFN2O2/c1-2-3-8-12(18)16-11(17-13(8)19)7-4-5-10(15)9(14)6-7/h4-6H,2-3H2,1H3,(H2,16,17,18,19). The van der Waals surface area contributed by atoms with Crippen molar-refractivity contribution in [2.45, 2.75) is 19.8 Å². The lowest BCUT2D eigenvalue weighted by Crippen LogP contribution is -2.15. The molecule has 0 unspecified atom stereocenters. The molecule has 0 spiro atoms. The van der Waals surface area contributed by atoms with Crippen LogP contribution in [-0.2, 0) is 6.42 Å². The molecule has 1 heterocycles. The summed E-state index contributed by atoms with van der Waals surface area (Å²) in [6.45, 7) is 1.91. The number of nitrogens with one attached hydrogen (secondary N) is 1. The van der Waals surface area contributed by atoms with Gasteiger partial charge in [0.1, 0.15) is 11.6 Å². The third-order valence-corrected chi connectivity index (χ3v) is 3.29. The lowest BCUT2D eigenvalue weighted by atomic mass is 10.1. The van der Waals surface area contributed by atoms with Gasteiger partial charge in [0.2, 0.25) is 5.88 Å². The number of aromatic nitrogens is 2. The van der Waals surface area contributed by atoms with E-state index in [-0.39, 0.29) is 27.3 Å². The fourth-order valence-corrected chi connectivity index (χ4v) is 2.12. The zero-order chi connectivity index (χ0) is 14.0. The molecule has 0 amide bonds. The van der Waals surface area contributed by atoms with E-state index in [1.807, 2.05) is 6.92 Å². The second-order valence-electron chi connectivity index (χ2n) is 4.10. The van der Waals surface area contributed by atoms with Crippen LogP contribution in [0.4, 0.5) is 4.39 Å². The minimum absolute atomic E-state index is 0.211. The third kappa shape index (κ3) is 2.84. The van der Waals surface area contributed by atoms with E-state index in [9.17, 15) is 14.3 Å². The van der Waals surface area contributed by atoms with Crippen molar-refractivity contribution in [2.75, 3.05) is 0 Å². The highest BCUT2D eigenvalue weighted by atomic mass is 79.9. The maximum absolute atomic E-state index is 13.1. The van der Waals surface area contributed by atoms with Gasteiger partial charge >= 0.3 is 0 Å². The molecule has 0 radical (unpaired) electrons. The lowest BCUT2D eigenvalue weighted by Gasteiger charge is -2.06. The third-order valence-electron chi connectivity index (χ3n) is 2.69. The first kappa shape index (κ1) is 13.7. The van der Waals surface area contributed by atoms with Crippen molar-refractivity contribution in [1.29, 1.82) is 0 Å². The van der Waals surface area contributed by atoms with E-state index in [0.29, 0.717) is 12.0 Å². The smallest absolute Gasteiger partial charge is 0.258 e. The van der Waals surface area contributed by atoms with Crippen LogP contribution in [0.25, 0.3) is 11.4 Å². The molecule has 0 bridgehead atoms. The Morgan fingerprint density at radius 3 is 2.79 bits per heavy atom. The van der Waals surface area contributed by atoms with Gasteiger partial charge in [-0.05, 0) is 40.5 Å². The van der Waals surface area contributed by atoms with E-state index >= 15 is 0 Å². The number of nitrogens with zero attached hydrogens (tertiary/aromatic N) is 1. The number of benzene rings is 1. The van der Waals surface area contributed by atoms with Gasteiger partial charge < -0.3 is 10.1 Å². The fraction of sp³-hybridized carbons (Fsp3) is 0.231. The van der Waals surface area contributed by atoms with E-state index in [2.05, 4.69) is 25.9 Å². The maximum Gasteiger partial charge on any atom is 0.258 e. The predicted molar refractivity (Wildman–Crippen MR) is 73.6 cm³/mol. The summed E-state index contributed by atoms with van der Waals surface area (Å²) in [6, 6.07) is 4.24. The summed E-state index contributed by atoms with van der Waals surface area (Å²) in [5, 5.41) is 9.77. The zero-order valence-corrected chi connectivity index (χ0v) is 11.8. The van der Waals surface area contributed by atoms with Crippen LogP contribution in [0, 0.1) is 5.82 Å². The molecule has 0 saturated heterocycles. The van der Waals surface area contributed by atoms with E-state index in [1.165, 1.54) is 18.2 Å². The SMILES string of the molecule is CCCc1c(O)nc(-c2ccc(F)c(Br)c2)[nH]c1=O. The van der Waals surface area contributed by atoms with Crippen LogP contribution in [0.5, 0.6) is 5.88 Å². The summed E-state index contributed by atoms with van der Waals surface area (Å²) in [5.41, 5.74) is 0.418. The Morgan fingerprint density at radius 2 is 2.21 bits per heavy atom. The Kier molecular flexibility index (Phi) is 3.99. The number of hydrogen-bond donors (Lipinski definition) is 2. The van der Waals surface area contributed by atoms with E-state index in [4.69, 9.17) is 0 Å². The van der Waals surface area contributed by atoms with Crippen LogP contribution >= 0.6 is 15.9 Å². The largest absolute Gasteiger partial charge is 0.493 e. The molecule has 1 aromatic carbocycles. The molecular weight excluding hydrogens is 315 g/mol. The highest BCUT2D eigenvalue weighted by Crippen LogP contribution is 2.23. The minimum atomic E-state index is -0.405. The Labute approximate surface area is 117 Å². The summed E-state index contributed by atoms with van der Waals surface area (Å²) in [4.78, 5) is 18.4. The highest BCUT2D eigenvalue weighted by molar-refractivity contribution is 9.10. The van der Waals surface area contributed by atoms with Crippen molar-refractivity contribution in [2.24, 2.45) is 0 Å². The van der Waals surface area contributed by atoms with Crippen molar-refractivity contribution < 1.29 is 9.50 Å². The first-order valence-electron chi connectivity index (χ1n) is 5.80. The first-order chi connectivity index (χ1) is 9.02. The zero-order valence-electron chi connectivity index (χ0n) is 10.2. The fourth-order valence-electron chi connectivity index (χ4n) is 1.74. The highest BCUT2D eigenvalue weighted by Gasteiger charge is 2.12. The summed E-state index contributed by atoms with van der Waals surface area (Å²) in [7, 11) is 0. The van der Waals surface area contributed by atoms with Crippen molar-refractivity contribution in [3.8, 4) is 17.3 Å². The lowest BCUT2D eigenvalue weighted by molar-refractivity contribution is 0.443. The van der Waals surface area contributed by atoms with Crippen molar-refractivity contribution in [3.05, 3.63) is 44.4 Å². The number of halogens is 2. The molecule has 0 aliphatic heterocycles. The minimum Gasteiger partial charge on any atom is -0.493 e. The van der Waals surface area contributed by atoms with Crippen LogP contribution in [0.15, 0.2) is 27.5 Å². The Bertz CT molecular complexity index is 670. The first-order valence-corrected chi connectivity index (χ1v) is 6.59. The predicted octanol–water partition coefficient (Wildman–Crippen LogP) is 3.00.